The maximum absolute atomic E-state index is 11.2. The van der Waals surface area contributed by atoms with E-state index in [4.69, 9.17) is 16.3 Å². The van der Waals surface area contributed by atoms with Gasteiger partial charge in [0, 0.05) is 33.0 Å². The lowest BCUT2D eigenvalue weighted by molar-refractivity contribution is -0.121. The molecule has 3 N–H and O–H groups in total. The summed E-state index contributed by atoms with van der Waals surface area (Å²) in [6, 6.07) is 0. The van der Waals surface area contributed by atoms with E-state index in [0.717, 1.165) is 0 Å². The molecule has 112 valence electrons. The lowest BCUT2D eigenvalue weighted by Crippen LogP contribution is -2.40. The Bertz CT molecular complexity index is 333. The van der Waals surface area contributed by atoms with E-state index < -0.39 is 12.8 Å². The van der Waals surface area contributed by atoms with E-state index in [0.29, 0.717) is 12.8 Å². The minimum absolute atomic E-state index is 0.138. The number of carbonyl (C=O) groups excluding carboxylic acids is 2. The smallest absolute Gasteiger partial charge is 0.324 e. The molecule has 0 bridgehead atoms. The second-order valence-electron chi connectivity index (χ2n) is 3.69. The van der Waals surface area contributed by atoms with Crippen LogP contribution in [0.25, 0.3) is 0 Å². The zero-order valence-corrected chi connectivity index (χ0v) is 13.1. The predicted molar refractivity (Wildman–Crippen MR) is 75.0 cm³/mol. The third-order valence-corrected chi connectivity index (χ3v) is 3.94. The summed E-state index contributed by atoms with van der Waals surface area (Å²) in [4.78, 5) is 32.0. The monoisotopic (exact) mass is 312 g/mol. The van der Waals surface area contributed by atoms with Gasteiger partial charge in [-0.05, 0) is 11.8 Å². The van der Waals surface area contributed by atoms with Crippen LogP contribution >= 0.6 is 6.72 Å². The molecule has 0 saturated carbocycles. The van der Waals surface area contributed by atoms with E-state index in [2.05, 4.69) is 15.2 Å². The normalized spacial score (nSPS) is 13.9. The Balaban J connectivity index is 4.41. The fraction of sp³-hybridized carbons (Fsp3) is 0.800. The summed E-state index contributed by atoms with van der Waals surface area (Å²) < 4.78 is 9.88. The zero-order chi connectivity index (χ0) is 14.9. The van der Waals surface area contributed by atoms with Crippen LogP contribution in [0.15, 0.2) is 0 Å². The molecule has 0 heterocycles. The Morgan fingerprint density at radius 3 is 1.95 bits per heavy atom. The van der Waals surface area contributed by atoms with Crippen molar-refractivity contribution < 1.29 is 23.5 Å². The van der Waals surface area contributed by atoms with Crippen LogP contribution in [0, 0.1) is 0 Å². The number of hydrogen-bond donors (Lipinski definition) is 3. The SMILES string of the molecule is CCC(=O)NCC(CNC(=O)CC)OP(O)(=S)OC. The summed E-state index contributed by atoms with van der Waals surface area (Å²) in [6.07, 6.45) is 0.0405. The summed E-state index contributed by atoms with van der Waals surface area (Å²) in [7, 11) is 1.24. The maximum Gasteiger partial charge on any atom is 0.324 e. The van der Waals surface area contributed by atoms with Gasteiger partial charge in [0.25, 0.3) is 0 Å². The van der Waals surface area contributed by atoms with Gasteiger partial charge in [-0.15, -0.1) is 0 Å². The Hall–Kier alpha value is -0.530. The second kappa shape index (κ2) is 9.39. The van der Waals surface area contributed by atoms with Crippen LogP contribution in [0.3, 0.4) is 0 Å². The van der Waals surface area contributed by atoms with E-state index in [1.54, 1.807) is 13.8 Å². The van der Waals surface area contributed by atoms with Crippen molar-refractivity contribution in [1.29, 1.82) is 0 Å². The van der Waals surface area contributed by atoms with Gasteiger partial charge < -0.3 is 24.6 Å². The molecule has 0 aromatic rings. The molecule has 1 atom stereocenters. The summed E-state index contributed by atoms with van der Waals surface area (Å²) >= 11 is 4.73. The fourth-order valence-electron chi connectivity index (χ4n) is 1.08. The van der Waals surface area contributed by atoms with Crippen molar-refractivity contribution in [1.82, 2.24) is 10.6 Å². The zero-order valence-electron chi connectivity index (χ0n) is 11.3. The fourth-order valence-corrected chi connectivity index (χ4v) is 2.06. The van der Waals surface area contributed by atoms with Gasteiger partial charge in [0.1, 0.15) is 6.10 Å². The average Bonchev–Trinajstić information content (AvgIpc) is 2.40. The highest BCUT2D eigenvalue weighted by Crippen LogP contribution is 2.43. The molecule has 1 unspecified atom stereocenters. The molecule has 19 heavy (non-hydrogen) atoms. The van der Waals surface area contributed by atoms with Crippen LogP contribution in [-0.4, -0.2) is 43.0 Å². The average molecular weight is 312 g/mol. The third kappa shape index (κ3) is 9.07. The quantitative estimate of drug-likeness (QED) is 0.529. The van der Waals surface area contributed by atoms with E-state index in [1.807, 2.05) is 0 Å². The topological polar surface area (TPSA) is 96.9 Å². The van der Waals surface area contributed by atoms with Crippen LogP contribution in [0.5, 0.6) is 0 Å². The molecule has 0 spiro atoms. The molecule has 0 fully saturated rings. The summed E-state index contributed by atoms with van der Waals surface area (Å²) in [5, 5.41) is 5.22. The Labute approximate surface area is 118 Å². The van der Waals surface area contributed by atoms with Crippen LogP contribution in [0.1, 0.15) is 26.7 Å². The number of nitrogens with one attached hydrogen (secondary N) is 2. The van der Waals surface area contributed by atoms with Crippen molar-refractivity contribution in [2.24, 2.45) is 0 Å². The lowest BCUT2D eigenvalue weighted by atomic mass is 10.3. The largest absolute Gasteiger partial charge is 0.353 e. The molecule has 0 rings (SSSR count). The van der Waals surface area contributed by atoms with Gasteiger partial charge >= 0.3 is 6.72 Å². The van der Waals surface area contributed by atoms with Gasteiger partial charge in [-0.25, -0.2) is 0 Å². The summed E-state index contributed by atoms with van der Waals surface area (Å²) in [5.41, 5.74) is 0. The highest BCUT2D eigenvalue weighted by Gasteiger charge is 2.21. The Kier molecular flexibility index (Phi) is 9.12. The maximum atomic E-state index is 11.2. The first kappa shape index (κ1) is 18.5. The van der Waals surface area contributed by atoms with Gasteiger partial charge in [-0.1, -0.05) is 13.8 Å². The Morgan fingerprint density at radius 1 is 1.21 bits per heavy atom. The number of amides is 2. The highest BCUT2D eigenvalue weighted by molar-refractivity contribution is 8.07. The number of rotatable bonds is 9. The molecule has 0 saturated heterocycles. The summed E-state index contributed by atoms with van der Waals surface area (Å²) in [6.45, 7) is 0.376. The first-order valence-corrected chi connectivity index (χ1v) is 8.54. The van der Waals surface area contributed by atoms with E-state index in [9.17, 15) is 14.5 Å². The van der Waals surface area contributed by atoms with Gasteiger partial charge in [-0.3, -0.25) is 9.59 Å². The molecule has 0 aromatic heterocycles. The summed E-state index contributed by atoms with van der Waals surface area (Å²) in [5.74, 6) is -0.307. The van der Waals surface area contributed by atoms with Crippen LogP contribution < -0.4 is 10.6 Å². The standard InChI is InChI=1S/C10H21N2O5PS/c1-4-9(13)11-6-8(7-12-10(14)5-2)17-18(15,19)16-3/h8H,4-7H2,1-3H3,(H,11,13)(H,12,14)(H,15,19). The van der Waals surface area contributed by atoms with Gasteiger partial charge in [0.15, 0.2) is 0 Å². The van der Waals surface area contributed by atoms with Crippen molar-refractivity contribution in [3.8, 4) is 0 Å². The molecule has 0 aliphatic carbocycles. The number of hydrogen-bond acceptors (Lipinski definition) is 5. The third-order valence-electron chi connectivity index (χ3n) is 2.21. The first-order chi connectivity index (χ1) is 8.84. The first-order valence-electron chi connectivity index (χ1n) is 5.94. The van der Waals surface area contributed by atoms with E-state index in [-0.39, 0.29) is 24.9 Å². The van der Waals surface area contributed by atoms with Crippen molar-refractivity contribution in [3.05, 3.63) is 0 Å². The number of carbonyl (C=O) groups is 2. The minimum atomic E-state index is -3.34. The molecular formula is C10H21N2O5PS. The molecule has 0 radical (unpaired) electrons. The van der Waals surface area contributed by atoms with Crippen LogP contribution in [0.4, 0.5) is 0 Å². The van der Waals surface area contributed by atoms with Crippen molar-refractivity contribution in [2.75, 3.05) is 20.2 Å². The van der Waals surface area contributed by atoms with Crippen LogP contribution in [0.2, 0.25) is 0 Å². The molecule has 7 nitrogen and oxygen atoms in total. The van der Waals surface area contributed by atoms with Gasteiger partial charge in [0.2, 0.25) is 11.8 Å². The minimum Gasteiger partial charge on any atom is -0.353 e. The Morgan fingerprint density at radius 2 is 1.63 bits per heavy atom. The molecule has 0 aliphatic rings. The molecule has 0 aliphatic heterocycles. The van der Waals surface area contributed by atoms with Crippen molar-refractivity contribution in [3.63, 3.8) is 0 Å². The second-order valence-corrected chi connectivity index (χ2v) is 6.59. The van der Waals surface area contributed by atoms with Gasteiger partial charge in [0.05, 0.1) is 0 Å². The molecule has 0 aromatic carbocycles. The molecular weight excluding hydrogens is 291 g/mol. The molecule has 2 amide bonds. The highest BCUT2D eigenvalue weighted by atomic mass is 32.5. The van der Waals surface area contributed by atoms with E-state index in [1.165, 1.54) is 7.11 Å². The predicted octanol–water partition coefficient (Wildman–Crippen LogP) is 0.287. The van der Waals surface area contributed by atoms with E-state index >= 15 is 0 Å². The van der Waals surface area contributed by atoms with Crippen molar-refractivity contribution in [2.45, 2.75) is 32.8 Å². The van der Waals surface area contributed by atoms with Gasteiger partial charge in [-0.2, -0.15) is 0 Å². The van der Waals surface area contributed by atoms with Crippen molar-refractivity contribution >= 4 is 30.3 Å². The van der Waals surface area contributed by atoms with Crippen LogP contribution in [-0.2, 0) is 30.4 Å². The molecule has 9 heteroatoms. The lowest BCUT2D eigenvalue weighted by Gasteiger charge is -2.22.